The molecule has 1 aliphatic heterocycles. The maximum absolute atomic E-state index is 6.52. The van der Waals surface area contributed by atoms with E-state index < -0.39 is 0 Å². The largest absolute Gasteiger partial charge is 0.367 e. The zero-order valence-electron chi connectivity index (χ0n) is 14.0. The Hall–Kier alpha value is -1.64. The Morgan fingerprint density at radius 1 is 0.783 bits per heavy atom. The quantitative estimate of drug-likeness (QED) is 0.749. The molecule has 1 aliphatic rings. The Morgan fingerprint density at radius 2 is 1.30 bits per heavy atom. The van der Waals surface area contributed by atoms with Crippen molar-refractivity contribution in [3.8, 4) is 0 Å². The first-order valence-electron chi connectivity index (χ1n) is 8.68. The number of benzene rings is 2. The minimum absolute atomic E-state index is 0.0636. The van der Waals surface area contributed by atoms with Crippen LogP contribution >= 0.6 is 0 Å². The Bertz CT molecular complexity index is 581. The Morgan fingerprint density at radius 3 is 1.83 bits per heavy atom. The molecular formula is C21H26O2. The molecule has 1 fully saturated rings. The summed E-state index contributed by atoms with van der Waals surface area (Å²) in [7, 11) is 0. The molecule has 2 nitrogen and oxygen atoms in total. The van der Waals surface area contributed by atoms with Crippen LogP contribution in [-0.4, -0.2) is 12.2 Å². The molecule has 2 aromatic carbocycles. The van der Waals surface area contributed by atoms with Crippen molar-refractivity contribution in [1.82, 2.24) is 0 Å². The number of rotatable bonds is 3. The van der Waals surface area contributed by atoms with E-state index in [1.807, 2.05) is 12.1 Å². The summed E-state index contributed by atoms with van der Waals surface area (Å²) < 4.78 is 12.9. The number of ether oxygens (including phenoxy) is 2. The third-order valence-corrected chi connectivity index (χ3v) is 4.60. The van der Waals surface area contributed by atoms with Crippen molar-refractivity contribution in [2.75, 3.05) is 0 Å². The second-order valence-corrected chi connectivity index (χ2v) is 6.35. The fourth-order valence-corrected chi connectivity index (χ4v) is 3.25. The highest BCUT2D eigenvalue weighted by Gasteiger charge is 2.32. The molecule has 0 unspecified atom stereocenters. The third-order valence-electron chi connectivity index (χ3n) is 4.60. The molecule has 0 radical (unpaired) electrons. The van der Waals surface area contributed by atoms with Gasteiger partial charge >= 0.3 is 0 Å². The molecule has 1 heterocycles. The summed E-state index contributed by atoms with van der Waals surface area (Å²) in [6, 6.07) is 20.9. The summed E-state index contributed by atoms with van der Waals surface area (Å²) >= 11 is 0. The fourth-order valence-electron chi connectivity index (χ4n) is 3.25. The SMILES string of the molecule is CC[C@H]1CC[C@@H](C)O[C@H](c2ccccc2)[C@@H](c2ccccc2)O1. The molecule has 1 saturated heterocycles. The van der Waals surface area contributed by atoms with Gasteiger partial charge in [0.25, 0.3) is 0 Å². The zero-order chi connectivity index (χ0) is 16.1. The highest BCUT2D eigenvalue weighted by molar-refractivity contribution is 5.25. The highest BCUT2D eigenvalue weighted by atomic mass is 16.6. The minimum Gasteiger partial charge on any atom is -0.367 e. The standard InChI is InChI=1S/C21H26O2/c1-3-19-15-14-16(2)22-20(17-10-6-4-7-11-17)21(23-19)18-12-8-5-9-13-18/h4-13,16,19-21H,3,14-15H2,1-2H3/t16-,19+,20-,21-/m1/s1. The summed E-state index contributed by atoms with van der Waals surface area (Å²) in [6.45, 7) is 4.38. The van der Waals surface area contributed by atoms with Crippen molar-refractivity contribution in [3.05, 3.63) is 71.8 Å². The molecule has 23 heavy (non-hydrogen) atoms. The smallest absolute Gasteiger partial charge is 0.113 e. The molecule has 2 heteroatoms. The fraction of sp³-hybridized carbons (Fsp3) is 0.429. The second kappa shape index (κ2) is 7.76. The van der Waals surface area contributed by atoms with Gasteiger partial charge in [0.15, 0.2) is 0 Å². The number of hydrogen-bond acceptors (Lipinski definition) is 2. The van der Waals surface area contributed by atoms with Gasteiger partial charge in [-0.05, 0) is 37.3 Å². The molecular weight excluding hydrogens is 284 g/mol. The van der Waals surface area contributed by atoms with E-state index in [9.17, 15) is 0 Å². The van der Waals surface area contributed by atoms with Gasteiger partial charge in [-0.2, -0.15) is 0 Å². The highest BCUT2D eigenvalue weighted by Crippen LogP contribution is 2.39. The lowest BCUT2D eigenvalue weighted by Gasteiger charge is -2.36. The van der Waals surface area contributed by atoms with Crippen LogP contribution < -0.4 is 0 Å². The van der Waals surface area contributed by atoms with Crippen LogP contribution in [0, 0.1) is 0 Å². The van der Waals surface area contributed by atoms with Crippen molar-refractivity contribution < 1.29 is 9.47 Å². The lowest BCUT2D eigenvalue weighted by atomic mass is 9.95. The van der Waals surface area contributed by atoms with Crippen molar-refractivity contribution in [1.29, 1.82) is 0 Å². The van der Waals surface area contributed by atoms with E-state index in [0.29, 0.717) is 0 Å². The lowest BCUT2D eigenvalue weighted by Crippen LogP contribution is -2.29. The van der Waals surface area contributed by atoms with Gasteiger partial charge < -0.3 is 9.47 Å². The maximum atomic E-state index is 6.52. The van der Waals surface area contributed by atoms with Crippen molar-refractivity contribution in [3.63, 3.8) is 0 Å². The molecule has 2 aromatic rings. The van der Waals surface area contributed by atoms with Crippen molar-refractivity contribution in [2.24, 2.45) is 0 Å². The van der Waals surface area contributed by atoms with Gasteiger partial charge in [0.05, 0.1) is 12.2 Å². The summed E-state index contributed by atoms with van der Waals surface area (Å²) in [5.74, 6) is 0. The predicted molar refractivity (Wildman–Crippen MR) is 93.3 cm³/mol. The van der Waals surface area contributed by atoms with Gasteiger partial charge in [0.2, 0.25) is 0 Å². The maximum Gasteiger partial charge on any atom is 0.113 e. The lowest BCUT2D eigenvalue weighted by molar-refractivity contribution is -0.150. The minimum atomic E-state index is -0.0667. The first kappa shape index (κ1) is 16.2. The van der Waals surface area contributed by atoms with E-state index in [-0.39, 0.29) is 24.4 Å². The van der Waals surface area contributed by atoms with Gasteiger partial charge in [-0.3, -0.25) is 0 Å². The molecule has 0 saturated carbocycles. The Labute approximate surface area is 139 Å². The molecule has 0 aliphatic carbocycles. The van der Waals surface area contributed by atoms with E-state index in [2.05, 4.69) is 62.4 Å². The average Bonchev–Trinajstić information content (AvgIpc) is 2.60. The first-order valence-corrected chi connectivity index (χ1v) is 8.68. The average molecular weight is 310 g/mol. The van der Waals surface area contributed by atoms with E-state index >= 15 is 0 Å². The van der Waals surface area contributed by atoms with Crippen molar-refractivity contribution >= 4 is 0 Å². The zero-order valence-corrected chi connectivity index (χ0v) is 14.0. The summed E-state index contributed by atoms with van der Waals surface area (Å²) in [4.78, 5) is 0. The molecule has 122 valence electrons. The molecule has 0 aromatic heterocycles. The van der Waals surface area contributed by atoms with E-state index in [4.69, 9.17) is 9.47 Å². The normalized spacial score (nSPS) is 28.8. The van der Waals surface area contributed by atoms with Crippen LogP contribution in [0.25, 0.3) is 0 Å². The van der Waals surface area contributed by atoms with Crippen LogP contribution in [0.2, 0.25) is 0 Å². The molecule has 0 bridgehead atoms. The van der Waals surface area contributed by atoms with Crippen LogP contribution in [0.3, 0.4) is 0 Å². The van der Waals surface area contributed by atoms with Crippen LogP contribution in [0.5, 0.6) is 0 Å². The summed E-state index contributed by atoms with van der Waals surface area (Å²) in [5, 5.41) is 0. The summed E-state index contributed by atoms with van der Waals surface area (Å²) in [5.41, 5.74) is 2.37. The molecule has 0 spiro atoms. The van der Waals surface area contributed by atoms with Gasteiger partial charge in [-0.25, -0.2) is 0 Å². The molecule has 0 N–H and O–H groups in total. The Kier molecular flexibility index (Phi) is 5.47. The topological polar surface area (TPSA) is 18.5 Å². The second-order valence-electron chi connectivity index (χ2n) is 6.35. The first-order chi connectivity index (χ1) is 11.3. The monoisotopic (exact) mass is 310 g/mol. The van der Waals surface area contributed by atoms with E-state index in [1.165, 1.54) is 11.1 Å². The molecule has 4 atom stereocenters. The van der Waals surface area contributed by atoms with Crippen molar-refractivity contribution in [2.45, 2.75) is 57.5 Å². The van der Waals surface area contributed by atoms with Crippen LogP contribution in [-0.2, 0) is 9.47 Å². The number of hydrogen-bond donors (Lipinski definition) is 0. The van der Waals surface area contributed by atoms with Gasteiger partial charge in [0, 0.05) is 0 Å². The third kappa shape index (κ3) is 4.01. The molecule has 3 rings (SSSR count). The van der Waals surface area contributed by atoms with Gasteiger partial charge in [0.1, 0.15) is 12.2 Å². The Balaban J connectivity index is 1.98. The van der Waals surface area contributed by atoms with Crippen LogP contribution in [0.1, 0.15) is 56.4 Å². The summed E-state index contributed by atoms with van der Waals surface area (Å²) in [6.07, 6.45) is 3.54. The van der Waals surface area contributed by atoms with E-state index in [1.54, 1.807) is 0 Å². The van der Waals surface area contributed by atoms with Crippen LogP contribution in [0.4, 0.5) is 0 Å². The van der Waals surface area contributed by atoms with E-state index in [0.717, 1.165) is 19.3 Å². The predicted octanol–water partition coefficient (Wildman–Crippen LogP) is 5.46. The van der Waals surface area contributed by atoms with Gasteiger partial charge in [-0.1, -0.05) is 67.6 Å². The van der Waals surface area contributed by atoms with Gasteiger partial charge in [-0.15, -0.1) is 0 Å². The molecule has 0 amide bonds. The van der Waals surface area contributed by atoms with Crippen LogP contribution in [0.15, 0.2) is 60.7 Å².